The molecule has 4 N–H and O–H groups in total. The summed E-state index contributed by atoms with van der Waals surface area (Å²) in [6.07, 6.45) is -1.07. The lowest BCUT2D eigenvalue weighted by atomic mass is 9.86. The van der Waals surface area contributed by atoms with Gasteiger partial charge in [-0.15, -0.1) is 0 Å². The van der Waals surface area contributed by atoms with E-state index in [1.54, 1.807) is 24.3 Å². The van der Waals surface area contributed by atoms with E-state index in [4.69, 9.17) is 9.47 Å². The molecule has 6 heteroatoms. The van der Waals surface area contributed by atoms with Crippen molar-refractivity contribution >= 4 is 0 Å². The third kappa shape index (κ3) is 3.49. The van der Waals surface area contributed by atoms with Crippen LogP contribution < -0.4 is 9.47 Å². The Labute approximate surface area is 134 Å². The Kier molecular flexibility index (Phi) is 5.31. The van der Waals surface area contributed by atoms with E-state index in [1.165, 1.54) is 26.4 Å². The first-order valence-electron chi connectivity index (χ1n) is 7.04. The maximum atomic E-state index is 10.2. The number of hydrogen-bond donors (Lipinski definition) is 4. The fraction of sp³-hybridized carbons (Fsp3) is 0.294. The van der Waals surface area contributed by atoms with Crippen LogP contribution in [0.25, 0.3) is 0 Å². The van der Waals surface area contributed by atoms with Crippen LogP contribution in [-0.2, 0) is 0 Å². The summed E-state index contributed by atoms with van der Waals surface area (Å²) in [6, 6.07) is 9.39. The van der Waals surface area contributed by atoms with Gasteiger partial charge in [-0.05, 0) is 35.4 Å². The van der Waals surface area contributed by atoms with Gasteiger partial charge in [-0.2, -0.15) is 0 Å². The summed E-state index contributed by atoms with van der Waals surface area (Å²) in [5.74, 6) is -0.0793. The molecular formula is C17H20O6. The number of aliphatic hydroxyl groups excluding tert-OH is 2. The summed E-state index contributed by atoms with van der Waals surface area (Å²) in [6.45, 7) is -0.447. The molecule has 2 aromatic carbocycles. The summed E-state index contributed by atoms with van der Waals surface area (Å²) in [4.78, 5) is 0. The van der Waals surface area contributed by atoms with E-state index in [0.29, 0.717) is 11.1 Å². The lowest BCUT2D eigenvalue weighted by Gasteiger charge is -2.23. The Morgan fingerprint density at radius 1 is 0.870 bits per heavy atom. The van der Waals surface area contributed by atoms with Crippen molar-refractivity contribution < 1.29 is 29.9 Å². The van der Waals surface area contributed by atoms with Gasteiger partial charge in [0.1, 0.15) is 0 Å². The van der Waals surface area contributed by atoms with Crippen molar-refractivity contribution in [1.29, 1.82) is 0 Å². The SMILES string of the molecule is COc1cc(C(c2ccc(O)c(OC)c2)C(O)CO)ccc1O. The van der Waals surface area contributed by atoms with Crippen LogP contribution >= 0.6 is 0 Å². The Balaban J connectivity index is 2.53. The highest BCUT2D eigenvalue weighted by atomic mass is 16.5. The summed E-state index contributed by atoms with van der Waals surface area (Å²) in [5, 5.41) is 39.0. The molecule has 0 bridgehead atoms. The van der Waals surface area contributed by atoms with Gasteiger partial charge >= 0.3 is 0 Å². The van der Waals surface area contributed by atoms with Crippen molar-refractivity contribution in [2.75, 3.05) is 20.8 Å². The smallest absolute Gasteiger partial charge is 0.160 e. The van der Waals surface area contributed by atoms with Crippen LogP contribution in [0.3, 0.4) is 0 Å². The van der Waals surface area contributed by atoms with Crippen molar-refractivity contribution in [2.45, 2.75) is 12.0 Å². The molecular weight excluding hydrogens is 300 g/mol. The van der Waals surface area contributed by atoms with Gasteiger partial charge in [-0.1, -0.05) is 12.1 Å². The molecule has 0 heterocycles. The topological polar surface area (TPSA) is 99.4 Å². The molecule has 1 unspecified atom stereocenters. The Bertz CT molecular complexity index is 617. The molecule has 0 aliphatic rings. The first-order chi connectivity index (χ1) is 11.0. The van der Waals surface area contributed by atoms with E-state index in [-0.39, 0.29) is 23.0 Å². The van der Waals surface area contributed by atoms with Crippen LogP contribution in [0.1, 0.15) is 17.0 Å². The minimum atomic E-state index is -1.07. The molecule has 0 aromatic heterocycles. The molecule has 0 aliphatic carbocycles. The highest BCUT2D eigenvalue weighted by Gasteiger charge is 2.25. The average molecular weight is 320 g/mol. The van der Waals surface area contributed by atoms with Crippen molar-refractivity contribution in [3.63, 3.8) is 0 Å². The molecule has 0 amide bonds. The summed E-state index contributed by atoms with van der Waals surface area (Å²) >= 11 is 0. The highest BCUT2D eigenvalue weighted by Crippen LogP contribution is 2.37. The normalized spacial score (nSPS) is 12.2. The number of aliphatic hydroxyl groups is 2. The molecule has 0 saturated heterocycles. The van der Waals surface area contributed by atoms with Crippen molar-refractivity contribution in [1.82, 2.24) is 0 Å². The molecule has 0 saturated carbocycles. The average Bonchev–Trinajstić information content (AvgIpc) is 2.57. The number of rotatable bonds is 6. The Morgan fingerprint density at radius 3 is 1.65 bits per heavy atom. The molecule has 124 valence electrons. The summed E-state index contributed by atoms with van der Waals surface area (Å²) in [7, 11) is 2.86. The van der Waals surface area contributed by atoms with E-state index in [1.807, 2.05) is 0 Å². The summed E-state index contributed by atoms with van der Waals surface area (Å²) in [5.41, 5.74) is 1.29. The highest BCUT2D eigenvalue weighted by molar-refractivity contribution is 5.49. The summed E-state index contributed by atoms with van der Waals surface area (Å²) < 4.78 is 10.2. The zero-order valence-corrected chi connectivity index (χ0v) is 12.9. The molecule has 2 aromatic rings. The molecule has 2 rings (SSSR count). The van der Waals surface area contributed by atoms with E-state index in [2.05, 4.69) is 0 Å². The second-order valence-electron chi connectivity index (χ2n) is 5.09. The minimum Gasteiger partial charge on any atom is -0.504 e. The first-order valence-corrected chi connectivity index (χ1v) is 7.04. The number of phenolic OH excluding ortho intramolecular Hbond substituents is 2. The lowest BCUT2D eigenvalue weighted by Crippen LogP contribution is -2.23. The van der Waals surface area contributed by atoms with E-state index in [9.17, 15) is 20.4 Å². The molecule has 0 spiro atoms. The maximum absolute atomic E-state index is 10.2. The number of methoxy groups -OCH3 is 2. The van der Waals surface area contributed by atoms with Crippen LogP contribution in [0.15, 0.2) is 36.4 Å². The standard InChI is InChI=1S/C17H20O6/c1-22-15-7-10(3-5-12(15)19)17(14(21)9-18)11-4-6-13(20)16(8-11)23-2/h3-8,14,17-21H,9H2,1-2H3. The molecule has 1 atom stereocenters. The van der Waals surface area contributed by atoms with Crippen LogP contribution in [0.5, 0.6) is 23.0 Å². The van der Waals surface area contributed by atoms with Crippen molar-refractivity contribution in [3.05, 3.63) is 47.5 Å². The van der Waals surface area contributed by atoms with Crippen LogP contribution in [0, 0.1) is 0 Å². The molecule has 0 radical (unpaired) electrons. The number of hydrogen-bond acceptors (Lipinski definition) is 6. The van der Waals surface area contributed by atoms with Crippen LogP contribution in [0.2, 0.25) is 0 Å². The third-order valence-electron chi connectivity index (χ3n) is 3.70. The second-order valence-corrected chi connectivity index (χ2v) is 5.09. The Hall–Kier alpha value is -2.44. The lowest BCUT2D eigenvalue weighted by molar-refractivity contribution is 0.0822. The van der Waals surface area contributed by atoms with Gasteiger partial charge in [-0.3, -0.25) is 0 Å². The maximum Gasteiger partial charge on any atom is 0.160 e. The Morgan fingerprint density at radius 2 is 1.30 bits per heavy atom. The van der Waals surface area contributed by atoms with E-state index >= 15 is 0 Å². The van der Waals surface area contributed by atoms with Gasteiger partial charge in [0.05, 0.1) is 26.9 Å². The number of benzene rings is 2. The second kappa shape index (κ2) is 7.21. The van der Waals surface area contributed by atoms with Gasteiger partial charge in [0.2, 0.25) is 0 Å². The zero-order chi connectivity index (χ0) is 17.0. The molecule has 0 aliphatic heterocycles. The van der Waals surface area contributed by atoms with Gasteiger partial charge in [0, 0.05) is 5.92 Å². The van der Waals surface area contributed by atoms with Crippen LogP contribution in [-0.4, -0.2) is 47.4 Å². The van der Waals surface area contributed by atoms with Crippen LogP contribution in [0.4, 0.5) is 0 Å². The molecule has 23 heavy (non-hydrogen) atoms. The minimum absolute atomic E-state index is 0.0169. The number of ether oxygens (including phenoxy) is 2. The van der Waals surface area contributed by atoms with E-state index < -0.39 is 18.6 Å². The van der Waals surface area contributed by atoms with Gasteiger partial charge in [0.25, 0.3) is 0 Å². The van der Waals surface area contributed by atoms with Crippen molar-refractivity contribution in [2.24, 2.45) is 0 Å². The van der Waals surface area contributed by atoms with Gasteiger partial charge in [0.15, 0.2) is 23.0 Å². The fourth-order valence-corrected chi connectivity index (χ4v) is 2.52. The van der Waals surface area contributed by atoms with Gasteiger partial charge < -0.3 is 29.9 Å². The number of phenols is 2. The zero-order valence-electron chi connectivity index (χ0n) is 12.9. The monoisotopic (exact) mass is 320 g/mol. The van der Waals surface area contributed by atoms with Gasteiger partial charge in [-0.25, -0.2) is 0 Å². The molecule has 6 nitrogen and oxygen atoms in total. The third-order valence-corrected chi connectivity index (χ3v) is 3.70. The van der Waals surface area contributed by atoms with E-state index in [0.717, 1.165) is 0 Å². The first kappa shape index (κ1) is 16.9. The molecule has 0 fully saturated rings. The predicted octanol–water partition coefficient (Wildman–Crippen LogP) is 1.60. The predicted molar refractivity (Wildman–Crippen MR) is 84.3 cm³/mol. The van der Waals surface area contributed by atoms with Crippen molar-refractivity contribution in [3.8, 4) is 23.0 Å². The quantitative estimate of drug-likeness (QED) is 0.645. The fourth-order valence-electron chi connectivity index (χ4n) is 2.52. The number of aromatic hydroxyl groups is 2. The largest absolute Gasteiger partial charge is 0.504 e.